The highest BCUT2D eigenvalue weighted by Gasteiger charge is 1.82. The molecular weight excluding hydrogens is 120 g/mol. The molecule has 52 valence electrons. The highest BCUT2D eigenvalue weighted by atomic mass is 16.5. The van der Waals surface area contributed by atoms with Crippen LogP contribution >= 0.6 is 0 Å². The molecule has 0 bridgehead atoms. The van der Waals surface area contributed by atoms with Crippen molar-refractivity contribution in [3.05, 3.63) is 0 Å². The number of hydrogen-bond acceptors (Lipinski definition) is 3. The van der Waals surface area contributed by atoms with Gasteiger partial charge in [0.15, 0.2) is 0 Å². The SMILES string of the molecule is CC#N.CCOC(N)=O. The Morgan fingerprint density at radius 1 is 1.89 bits per heavy atom. The molecule has 0 radical (unpaired) electrons. The molecule has 0 fully saturated rings. The fourth-order valence-electron chi connectivity index (χ4n) is 0.142. The second-order valence-corrected chi connectivity index (χ2v) is 0.976. The summed E-state index contributed by atoms with van der Waals surface area (Å²) in [7, 11) is 0. The summed E-state index contributed by atoms with van der Waals surface area (Å²) in [6.07, 6.45) is -0.711. The zero-order valence-electron chi connectivity index (χ0n) is 5.55. The molecule has 0 aromatic rings. The molecule has 0 saturated heterocycles. The van der Waals surface area contributed by atoms with Crippen LogP contribution in [0.25, 0.3) is 0 Å². The fraction of sp³-hybridized carbons (Fsp3) is 0.600. The van der Waals surface area contributed by atoms with Crippen LogP contribution in [0.15, 0.2) is 0 Å². The number of hydrogen-bond donors (Lipinski definition) is 1. The minimum atomic E-state index is -0.711. The van der Waals surface area contributed by atoms with E-state index in [1.54, 1.807) is 13.0 Å². The second-order valence-electron chi connectivity index (χ2n) is 0.976. The molecule has 0 aromatic heterocycles. The summed E-state index contributed by atoms with van der Waals surface area (Å²) in [6, 6.07) is 1.75. The lowest BCUT2D eigenvalue weighted by molar-refractivity contribution is 0.163. The average Bonchev–Trinajstić information content (AvgIpc) is 1.67. The number of ether oxygens (including phenoxy) is 1. The van der Waals surface area contributed by atoms with Crippen molar-refractivity contribution in [2.24, 2.45) is 5.73 Å². The molecule has 1 amide bonds. The van der Waals surface area contributed by atoms with Gasteiger partial charge in [-0.05, 0) is 6.92 Å². The van der Waals surface area contributed by atoms with E-state index in [2.05, 4.69) is 10.5 Å². The van der Waals surface area contributed by atoms with Crippen molar-refractivity contribution in [1.82, 2.24) is 0 Å². The molecular formula is C5H10N2O2. The third-order valence-corrected chi connectivity index (χ3v) is 0.287. The van der Waals surface area contributed by atoms with E-state index in [-0.39, 0.29) is 0 Å². The van der Waals surface area contributed by atoms with Crippen LogP contribution < -0.4 is 5.73 Å². The molecule has 0 atom stereocenters. The molecule has 0 unspecified atom stereocenters. The van der Waals surface area contributed by atoms with E-state index in [1.165, 1.54) is 6.92 Å². The van der Waals surface area contributed by atoms with Gasteiger partial charge >= 0.3 is 6.09 Å². The van der Waals surface area contributed by atoms with Gasteiger partial charge in [-0.25, -0.2) is 4.79 Å². The predicted octanol–water partition coefficient (Wildman–Crippen LogP) is 0.631. The van der Waals surface area contributed by atoms with E-state index < -0.39 is 6.09 Å². The van der Waals surface area contributed by atoms with Gasteiger partial charge in [-0.15, -0.1) is 0 Å². The molecule has 0 aliphatic carbocycles. The number of carbonyl (C=O) groups is 1. The van der Waals surface area contributed by atoms with Crippen molar-refractivity contribution in [2.75, 3.05) is 6.61 Å². The minimum absolute atomic E-state index is 0.356. The van der Waals surface area contributed by atoms with E-state index in [0.29, 0.717) is 6.61 Å². The number of nitriles is 1. The van der Waals surface area contributed by atoms with Crippen molar-refractivity contribution in [2.45, 2.75) is 13.8 Å². The second kappa shape index (κ2) is 9.90. The Balaban J connectivity index is 0. The monoisotopic (exact) mass is 130 g/mol. The van der Waals surface area contributed by atoms with Gasteiger partial charge in [0.05, 0.1) is 12.7 Å². The maximum Gasteiger partial charge on any atom is 0.404 e. The Morgan fingerprint density at radius 2 is 2.22 bits per heavy atom. The Kier molecular flexibility index (Phi) is 11.8. The zero-order chi connectivity index (χ0) is 7.70. The summed E-state index contributed by atoms with van der Waals surface area (Å²) in [5.41, 5.74) is 4.54. The summed E-state index contributed by atoms with van der Waals surface area (Å²) in [4.78, 5) is 9.60. The molecule has 0 aliphatic heterocycles. The fourth-order valence-corrected chi connectivity index (χ4v) is 0.142. The molecule has 2 N–H and O–H groups in total. The topological polar surface area (TPSA) is 76.1 Å². The first-order valence-electron chi connectivity index (χ1n) is 2.42. The van der Waals surface area contributed by atoms with Crippen LogP contribution in [-0.4, -0.2) is 12.7 Å². The molecule has 0 rings (SSSR count). The van der Waals surface area contributed by atoms with Crippen molar-refractivity contribution >= 4 is 6.09 Å². The van der Waals surface area contributed by atoms with Crippen LogP contribution in [0.5, 0.6) is 0 Å². The van der Waals surface area contributed by atoms with Gasteiger partial charge in [-0.2, -0.15) is 5.26 Å². The van der Waals surface area contributed by atoms with Crippen molar-refractivity contribution < 1.29 is 9.53 Å². The molecule has 4 heteroatoms. The van der Waals surface area contributed by atoms with Gasteiger partial charge < -0.3 is 10.5 Å². The highest BCUT2D eigenvalue weighted by Crippen LogP contribution is 1.66. The van der Waals surface area contributed by atoms with Crippen LogP contribution in [0, 0.1) is 11.3 Å². The Bertz CT molecular complexity index is 106. The van der Waals surface area contributed by atoms with Crippen LogP contribution in [0.2, 0.25) is 0 Å². The Morgan fingerprint density at radius 3 is 2.22 bits per heavy atom. The van der Waals surface area contributed by atoms with Crippen LogP contribution in [0.1, 0.15) is 13.8 Å². The normalized spacial score (nSPS) is 5.89. The van der Waals surface area contributed by atoms with Crippen molar-refractivity contribution in [3.63, 3.8) is 0 Å². The Labute approximate surface area is 54.2 Å². The van der Waals surface area contributed by atoms with E-state index in [0.717, 1.165) is 0 Å². The number of nitrogens with two attached hydrogens (primary N) is 1. The molecule has 9 heavy (non-hydrogen) atoms. The van der Waals surface area contributed by atoms with Crippen molar-refractivity contribution in [3.8, 4) is 6.07 Å². The highest BCUT2D eigenvalue weighted by molar-refractivity contribution is 5.64. The van der Waals surface area contributed by atoms with Gasteiger partial charge in [0.2, 0.25) is 0 Å². The molecule has 0 saturated carbocycles. The number of carbonyl (C=O) groups excluding carboxylic acids is 1. The van der Waals surface area contributed by atoms with Gasteiger partial charge in [0.25, 0.3) is 0 Å². The first kappa shape index (κ1) is 10.7. The van der Waals surface area contributed by atoms with E-state index in [1.807, 2.05) is 0 Å². The first-order valence-corrected chi connectivity index (χ1v) is 2.42. The lowest BCUT2D eigenvalue weighted by Crippen LogP contribution is -2.11. The molecule has 0 spiro atoms. The van der Waals surface area contributed by atoms with Gasteiger partial charge in [-0.1, -0.05) is 0 Å². The quantitative estimate of drug-likeness (QED) is 0.565. The van der Waals surface area contributed by atoms with E-state index in [4.69, 9.17) is 5.26 Å². The number of rotatable bonds is 1. The van der Waals surface area contributed by atoms with Crippen molar-refractivity contribution in [1.29, 1.82) is 5.26 Å². The van der Waals surface area contributed by atoms with Gasteiger partial charge in [0, 0.05) is 6.92 Å². The number of amides is 1. The minimum Gasteiger partial charge on any atom is -0.450 e. The van der Waals surface area contributed by atoms with Gasteiger partial charge in [-0.3, -0.25) is 0 Å². The lowest BCUT2D eigenvalue weighted by atomic mass is 10.9. The largest absolute Gasteiger partial charge is 0.450 e. The molecule has 4 nitrogen and oxygen atoms in total. The summed E-state index contributed by atoms with van der Waals surface area (Å²) >= 11 is 0. The maximum absolute atomic E-state index is 9.60. The lowest BCUT2D eigenvalue weighted by Gasteiger charge is -1.89. The molecule has 0 aliphatic rings. The Hall–Kier alpha value is -1.24. The number of primary amides is 1. The summed E-state index contributed by atoms with van der Waals surface area (Å²) in [5.74, 6) is 0. The van der Waals surface area contributed by atoms with Gasteiger partial charge in [0.1, 0.15) is 0 Å². The summed E-state index contributed by atoms with van der Waals surface area (Å²) in [5, 5.41) is 7.32. The van der Waals surface area contributed by atoms with Crippen LogP contribution in [0.3, 0.4) is 0 Å². The molecule has 0 aromatic carbocycles. The average molecular weight is 130 g/mol. The van der Waals surface area contributed by atoms with E-state index >= 15 is 0 Å². The summed E-state index contributed by atoms with van der Waals surface area (Å²) < 4.78 is 4.18. The predicted molar refractivity (Wildman–Crippen MR) is 32.5 cm³/mol. The third kappa shape index (κ3) is 49.4. The van der Waals surface area contributed by atoms with Crippen LogP contribution in [-0.2, 0) is 4.74 Å². The van der Waals surface area contributed by atoms with E-state index in [9.17, 15) is 4.79 Å². The number of nitrogens with zero attached hydrogens (tertiary/aromatic N) is 1. The van der Waals surface area contributed by atoms with Crippen LogP contribution in [0.4, 0.5) is 4.79 Å². The molecule has 0 heterocycles. The zero-order valence-corrected chi connectivity index (χ0v) is 5.55. The smallest absolute Gasteiger partial charge is 0.404 e. The summed E-state index contributed by atoms with van der Waals surface area (Å²) in [6.45, 7) is 3.49. The first-order chi connectivity index (χ1) is 4.18. The standard InChI is InChI=1S/C3H7NO2.C2H3N/c1-2-6-3(4)5;1-2-3/h2H2,1H3,(H2,4,5);1H3. The third-order valence-electron chi connectivity index (χ3n) is 0.287. The maximum atomic E-state index is 9.60.